The van der Waals surface area contributed by atoms with Crippen LogP contribution in [0.1, 0.15) is 0 Å². The lowest BCUT2D eigenvalue weighted by Crippen LogP contribution is -2.46. The van der Waals surface area contributed by atoms with E-state index in [-0.39, 0.29) is 0 Å². The number of alkyl halides is 1. The Morgan fingerprint density at radius 3 is 3.00 bits per heavy atom. The second kappa shape index (κ2) is 4.67. The Hall–Kier alpha value is -1.29. The van der Waals surface area contributed by atoms with E-state index in [0.29, 0.717) is 10.8 Å². The first kappa shape index (κ1) is 12.7. The van der Waals surface area contributed by atoms with Crippen molar-refractivity contribution in [3.63, 3.8) is 0 Å². The lowest BCUT2D eigenvalue weighted by molar-refractivity contribution is -0.0459. The molecule has 2 N–H and O–H groups in total. The van der Waals surface area contributed by atoms with Gasteiger partial charge in [0.2, 0.25) is 0 Å². The summed E-state index contributed by atoms with van der Waals surface area (Å²) in [7, 11) is 0. The summed E-state index contributed by atoms with van der Waals surface area (Å²) in [5.41, 5.74) is 0. The van der Waals surface area contributed by atoms with E-state index in [0.717, 1.165) is 0 Å². The Bertz CT molecular complexity index is 497. The Balaban J connectivity index is 1.85. The number of thiocarbonyl (C=S) groups is 1. The van der Waals surface area contributed by atoms with Crippen LogP contribution in [-0.2, 0) is 4.74 Å². The van der Waals surface area contributed by atoms with Crippen molar-refractivity contribution in [3.8, 4) is 0 Å². The maximum atomic E-state index is 14.0. The van der Waals surface area contributed by atoms with Crippen molar-refractivity contribution < 1.29 is 19.3 Å². The third-order valence-electron chi connectivity index (χ3n) is 3.21. The number of aliphatic hydroxyl groups excluding tert-OH is 2. The van der Waals surface area contributed by atoms with Gasteiger partial charge in [0.25, 0.3) is 0 Å². The van der Waals surface area contributed by atoms with E-state index in [1.165, 1.54) is 17.6 Å². The predicted octanol–water partition coefficient (Wildman–Crippen LogP) is -1.12. The molecule has 3 aliphatic heterocycles. The molecule has 1 fully saturated rings. The van der Waals surface area contributed by atoms with Gasteiger partial charge in [-0.1, -0.05) is 12.2 Å². The van der Waals surface area contributed by atoms with Crippen molar-refractivity contribution in [2.24, 2.45) is 15.0 Å². The molecule has 0 saturated carbocycles. The molecule has 0 spiro atoms. The largest absolute Gasteiger partial charge is 0.394 e. The Morgan fingerprint density at radius 1 is 1.53 bits per heavy atom. The summed E-state index contributed by atoms with van der Waals surface area (Å²) >= 11 is 5.03. The molecule has 3 aliphatic rings. The van der Waals surface area contributed by atoms with E-state index < -0.39 is 37.3 Å². The monoisotopic (exact) mass is 286 g/mol. The van der Waals surface area contributed by atoms with E-state index in [2.05, 4.69) is 15.0 Å². The van der Waals surface area contributed by atoms with Crippen LogP contribution in [0, 0.1) is 0 Å². The zero-order valence-electron chi connectivity index (χ0n) is 9.63. The van der Waals surface area contributed by atoms with Gasteiger partial charge in [-0.05, 0) is 0 Å². The van der Waals surface area contributed by atoms with E-state index in [9.17, 15) is 9.50 Å². The Kier molecular flexibility index (Phi) is 3.13. The van der Waals surface area contributed by atoms with E-state index >= 15 is 0 Å². The van der Waals surface area contributed by atoms with Crippen molar-refractivity contribution >= 4 is 35.7 Å². The quantitative estimate of drug-likeness (QED) is 0.628. The van der Waals surface area contributed by atoms with Gasteiger partial charge in [0.15, 0.2) is 18.4 Å². The molecule has 0 aromatic heterocycles. The van der Waals surface area contributed by atoms with Crippen molar-refractivity contribution in [2.75, 3.05) is 6.61 Å². The van der Waals surface area contributed by atoms with Crippen molar-refractivity contribution in [1.29, 1.82) is 0 Å². The van der Waals surface area contributed by atoms with Gasteiger partial charge < -0.3 is 14.9 Å². The fourth-order valence-corrected chi connectivity index (χ4v) is 2.42. The van der Waals surface area contributed by atoms with E-state index in [1.807, 2.05) is 0 Å². The molecule has 3 heterocycles. The summed E-state index contributed by atoms with van der Waals surface area (Å²) in [6.45, 7) is -0.459. The molecule has 0 aromatic carbocycles. The van der Waals surface area contributed by atoms with Crippen LogP contribution in [0.25, 0.3) is 0 Å². The summed E-state index contributed by atoms with van der Waals surface area (Å²) in [6, 6.07) is -0.513. The molecule has 0 radical (unpaired) electrons. The van der Waals surface area contributed by atoms with Gasteiger partial charge in [0, 0.05) is 0 Å². The maximum Gasteiger partial charge on any atom is 0.173 e. The van der Waals surface area contributed by atoms with Crippen molar-refractivity contribution in [1.82, 2.24) is 4.90 Å². The Labute approximate surface area is 113 Å². The normalized spacial score (nSPS) is 40.8. The van der Waals surface area contributed by atoms with Gasteiger partial charge in [0.1, 0.15) is 29.4 Å². The molecule has 9 heteroatoms. The van der Waals surface area contributed by atoms with Crippen molar-refractivity contribution in [2.45, 2.75) is 30.6 Å². The second-order valence-corrected chi connectivity index (χ2v) is 4.75. The van der Waals surface area contributed by atoms with Crippen LogP contribution in [0.3, 0.4) is 0 Å². The van der Waals surface area contributed by atoms with Gasteiger partial charge in [-0.25, -0.2) is 14.4 Å². The summed E-state index contributed by atoms with van der Waals surface area (Å²) in [5, 5.41) is 18.6. The molecule has 5 atom stereocenters. The number of fused-ring (bicyclic) bond motifs is 1. The number of hydrogen-bond donors (Lipinski definition) is 2. The van der Waals surface area contributed by atoms with E-state index in [4.69, 9.17) is 22.1 Å². The number of amidine groups is 1. The SMILES string of the molecule is OC[C@H]1O[C@@H](N2C=NC3C(=S)N=CN=C32)[C@@H](F)[C@@H]1O. The van der Waals surface area contributed by atoms with E-state index in [1.54, 1.807) is 0 Å². The smallest absolute Gasteiger partial charge is 0.173 e. The third kappa shape index (κ3) is 1.89. The summed E-state index contributed by atoms with van der Waals surface area (Å²) in [4.78, 5) is 13.7. The van der Waals surface area contributed by atoms with Crippen molar-refractivity contribution in [3.05, 3.63) is 0 Å². The zero-order valence-corrected chi connectivity index (χ0v) is 10.4. The number of aliphatic hydroxyl groups is 2. The number of aliphatic imine (C=N–C) groups is 3. The molecule has 0 bridgehead atoms. The minimum atomic E-state index is -1.67. The first-order chi connectivity index (χ1) is 9.13. The minimum Gasteiger partial charge on any atom is -0.394 e. The first-order valence-corrected chi connectivity index (χ1v) is 6.08. The molecule has 1 saturated heterocycles. The molecular formula is C10H11FN4O3S. The van der Waals surface area contributed by atoms with Gasteiger partial charge >= 0.3 is 0 Å². The van der Waals surface area contributed by atoms with Crippen LogP contribution >= 0.6 is 12.2 Å². The highest BCUT2D eigenvalue weighted by Gasteiger charge is 2.49. The zero-order chi connectivity index (χ0) is 13.6. The second-order valence-electron chi connectivity index (χ2n) is 4.33. The molecule has 1 unspecified atom stereocenters. The van der Waals surface area contributed by atoms with Crippen LogP contribution in [0.4, 0.5) is 4.39 Å². The van der Waals surface area contributed by atoms with Gasteiger partial charge in [-0.3, -0.25) is 9.89 Å². The molecule has 102 valence electrons. The fraction of sp³-hybridized carbons (Fsp3) is 0.600. The van der Waals surface area contributed by atoms with Gasteiger partial charge in [-0.2, -0.15) is 0 Å². The topological polar surface area (TPSA) is 90.0 Å². The van der Waals surface area contributed by atoms with Crippen LogP contribution in [0.15, 0.2) is 15.0 Å². The van der Waals surface area contributed by atoms with Crippen LogP contribution in [-0.4, -0.2) is 75.9 Å². The average Bonchev–Trinajstić information content (AvgIpc) is 2.94. The average molecular weight is 286 g/mol. The highest BCUT2D eigenvalue weighted by molar-refractivity contribution is 7.80. The summed E-state index contributed by atoms with van der Waals surface area (Å²) < 4.78 is 19.3. The number of rotatable bonds is 2. The maximum absolute atomic E-state index is 14.0. The standard InChI is InChI=1S/C10H11FN4O3S/c11-5-7(17)4(1-16)18-10(5)15-3-14-6-8(15)12-2-13-9(6)19/h2-7,10,16-17H,1H2/t4-,5+,6?,7-,10-/m1/s1. The van der Waals surface area contributed by atoms with Crippen LogP contribution in [0.5, 0.6) is 0 Å². The highest BCUT2D eigenvalue weighted by atomic mass is 32.1. The summed E-state index contributed by atoms with van der Waals surface area (Å²) in [5.74, 6) is 0.415. The number of hydrogen-bond acceptors (Lipinski definition) is 7. The molecular weight excluding hydrogens is 275 g/mol. The lowest BCUT2D eigenvalue weighted by Gasteiger charge is -2.26. The predicted molar refractivity (Wildman–Crippen MR) is 69.3 cm³/mol. The molecule has 19 heavy (non-hydrogen) atoms. The first-order valence-electron chi connectivity index (χ1n) is 5.67. The molecule has 3 rings (SSSR count). The van der Waals surface area contributed by atoms with Gasteiger partial charge in [0.05, 0.1) is 12.9 Å². The van der Waals surface area contributed by atoms with Crippen LogP contribution < -0.4 is 0 Å². The van der Waals surface area contributed by atoms with Crippen LogP contribution in [0.2, 0.25) is 0 Å². The molecule has 0 aromatic rings. The molecule has 7 nitrogen and oxygen atoms in total. The Morgan fingerprint density at radius 2 is 2.32 bits per heavy atom. The minimum absolute atomic E-state index is 0.344. The van der Waals surface area contributed by atoms with Gasteiger partial charge in [-0.15, -0.1) is 0 Å². The fourth-order valence-electron chi connectivity index (χ4n) is 2.21. The highest BCUT2D eigenvalue weighted by Crippen LogP contribution is 2.29. The lowest BCUT2D eigenvalue weighted by atomic mass is 10.1. The summed E-state index contributed by atoms with van der Waals surface area (Å²) in [6.07, 6.45) is -2.44. The molecule has 0 aliphatic carbocycles. The number of halogens is 1. The molecule has 0 amide bonds. The number of ether oxygens (including phenoxy) is 1. The number of nitrogens with zero attached hydrogens (tertiary/aromatic N) is 4. The third-order valence-corrected chi connectivity index (χ3v) is 3.53.